The fourth-order valence-corrected chi connectivity index (χ4v) is 2.01. The number of allylic oxidation sites excluding steroid dienone is 2. The Morgan fingerprint density at radius 3 is 3.05 bits per heavy atom. The van der Waals surface area contributed by atoms with E-state index in [0.29, 0.717) is 25.9 Å². The monoisotopic (exact) mass is 295 g/mol. The number of hydrogen-bond donors (Lipinski definition) is 0. The Morgan fingerprint density at radius 1 is 1.62 bits per heavy atom. The van der Waals surface area contributed by atoms with E-state index in [0.717, 1.165) is 5.57 Å². The predicted octanol–water partition coefficient (Wildman–Crippen LogP) is 2.43. The third-order valence-corrected chi connectivity index (χ3v) is 3.08. The summed E-state index contributed by atoms with van der Waals surface area (Å²) >= 11 is 0. The summed E-state index contributed by atoms with van der Waals surface area (Å²) < 4.78 is 9.98. The van der Waals surface area contributed by atoms with E-state index in [4.69, 9.17) is 9.47 Å². The number of carbonyl (C=O) groups is 1. The van der Waals surface area contributed by atoms with E-state index in [2.05, 4.69) is 0 Å². The van der Waals surface area contributed by atoms with Crippen molar-refractivity contribution in [3.63, 3.8) is 0 Å². The molecular weight excluding hydrogens is 274 g/mol. The molecule has 21 heavy (non-hydrogen) atoms. The molecule has 0 N–H and O–H groups in total. The normalized spacial score (nSPS) is 20.5. The smallest absolute Gasteiger partial charge is 0.331 e. The molecule has 0 bridgehead atoms. The Morgan fingerprint density at radius 2 is 2.38 bits per heavy atom. The largest absolute Gasteiger partial charge is 0.455 e. The van der Waals surface area contributed by atoms with Crippen molar-refractivity contribution in [1.82, 2.24) is 0 Å². The van der Waals surface area contributed by atoms with E-state index in [1.54, 1.807) is 32.3 Å². The number of methoxy groups -OCH3 is 1. The average molecular weight is 295 g/mol. The van der Waals surface area contributed by atoms with Crippen LogP contribution in [0.4, 0.5) is 0 Å². The van der Waals surface area contributed by atoms with E-state index in [1.165, 1.54) is 6.08 Å². The van der Waals surface area contributed by atoms with Crippen LogP contribution in [0.15, 0.2) is 36.0 Å². The maximum atomic E-state index is 11.6. The number of nitrogens with zero attached hydrogens (tertiary/aromatic N) is 1. The van der Waals surface area contributed by atoms with Gasteiger partial charge in [-0.2, -0.15) is 0 Å². The zero-order valence-corrected chi connectivity index (χ0v) is 12.4. The summed E-state index contributed by atoms with van der Waals surface area (Å²) in [6.07, 6.45) is 9.57. The minimum Gasteiger partial charge on any atom is -0.455 e. The van der Waals surface area contributed by atoms with Crippen LogP contribution in [0.1, 0.15) is 26.2 Å². The lowest BCUT2D eigenvalue weighted by Gasteiger charge is -2.14. The molecule has 0 fully saturated rings. The van der Waals surface area contributed by atoms with Crippen LogP contribution in [-0.2, 0) is 14.3 Å². The topological polar surface area (TPSA) is 78.7 Å². The summed E-state index contributed by atoms with van der Waals surface area (Å²) in [5, 5.41) is 10.8. The number of hydrogen-bond acceptors (Lipinski definition) is 5. The second kappa shape index (κ2) is 9.07. The zero-order valence-electron chi connectivity index (χ0n) is 12.4. The van der Waals surface area contributed by atoms with Crippen LogP contribution in [0.3, 0.4) is 0 Å². The average Bonchev–Trinajstić information content (AvgIpc) is 2.45. The van der Waals surface area contributed by atoms with Crippen LogP contribution in [0, 0.1) is 10.1 Å². The van der Waals surface area contributed by atoms with Gasteiger partial charge in [0.05, 0.1) is 6.61 Å². The minimum atomic E-state index is -0.554. The third-order valence-electron chi connectivity index (χ3n) is 3.08. The molecule has 1 rings (SSSR count). The Labute approximate surface area is 124 Å². The van der Waals surface area contributed by atoms with E-state index in [-0.39, 0.29) is 11.0 Å². The highest BCUT2D eigenvalue weighted by molar-refractivity contribution is 5.82. The molecule has 0 aromatic rings. The Kier molecular flexibility index (Phi) is 7.39. The second-order valence-electron chi connectivity index (χ2n) is 4.86. The lowest BCUT2D eigenvalue weighted by Crippen LogP contribution is -2.22. The molecule has 0 heterocycles. The summed E-state index contributed by atoms with van der Waals surface area (Å²) in [6, 6.07) is -0.554. The van der Waals surface area contributed by atoms with Gasteiger partial charge in [0.2, 0.25) is 6.04 Å². The van der Waals surface area contributed by atoms with Crippen LogP contribution < -0.4 is 0 Å². The van der Waals surface area contributed by atoms with Crippen LogP contribution in [0.5, 0.6) is 0 Å². The Hall–Kier alpha value is -1.95. The quantitative estimate of drug-likeness (QED) is 0.237. The van der Waals surface area contributed by atoms with Gasteiger partial charge in [0.25, 0.3) is 0 Å². The highest BCUT2D eigenvalue weighted by atomic mass is 16.6. The SMILES string of the molecule is COC/C=C\C(C)OC(=O)/C=C/C1=CCCC([N+](=O)[O-])C1. The summed E-state index contributed by atoms with van der Waals surface area (Å²) in [4.78, 5) is 22.1. The Bertz CT molecular complexity index is 453. The number of rotatable bonds is 7. The van der Waals surface area contributed by atoms with E-state index in [9.17, 15) is 14.9 Å². The molecule has 6 nitrogen and oxygen atoms in total. The van der Waals surface area contributed by atoms with Crippen molar-refractivity contribution in [2.75, 3.05) is 13.7 Å². The minimum absolute atomic E-state index is 0.262. The lowest BCUT2D eigenvalue weighted by atomic mass is 9.95. The van der Waals surface area contributed by atoms with Gasteiger partial charge in [-0.05, 0) is 25.0 Å². The van der Waals surface area contributed by atoms with Gasteiger partial charge in [-0.1, -0.05) is 18.2 Å². The summed E-state index contributed by atoms with van der Waals surface area (Å²) in [6.45, 7) is 2.22. The molecule has 116 valence electrons. The lowest BCUT2D eigenvalue weighted by molar-refractivity contribution is -0.523. The van der Waals surface area contributed by atoms with E-state index >= 15 is 0 Å². The van der Waals surface area contributed by atoms with Crippen molar-refractivity contribution >= 4 is 5.97 Å². The van der Waals surface area contributed by atoms with Gasteiger partial charge in [-0.3, -0.25) is 10.1 Å². The second-order valence-corrected chi connectivity index (χ2v) is 4.86. The number of esters is 1. The summed E-state index contributed by atoms with van der Waals surface area (Å²) in [5.41, 5.74) is 0.808. The van der Waals surface area contributed by atoms with Crippen molar-refractivity contribution in [3.05, 3.63) is 46.1 Å². The number of ether oxygens (including phenoxy) is 2. The standard InChI is InChI=1S/C15H21NO5/c1-12(5-4-10-20-2)21-15(17)9-8-13-6-3-7-14(11-13)16(18)19/h4-6,8-9,12,14H,3,7,10-11H2,1-2H3/b5-4-,9-8+. The highest BCUT2D eigenvalue weighted by Gasteiger charge is 2.23. The maximum absolute atomic E-state index is 11.6. The first-order chi connectivity index (χ1) is 10.0. The van der Waals surface area contributed by atoms with Crippen molar-refractivity contribution in [3.8, 4) is 0 Å². The first kappa shape index (κ1) is 17.1. The van der Waals surface area contributed by atoms with Crippen LogP contribution in [0.25, 0.3) is 0 Å². The van der Waals surface area contributed by atoms with Gasteiger partial charge in [-0.15, -0.1) is 0 Å². The van der Waals surface area contributed by atoms with Crippen LogP contribution >= 0.6 is 0 Å². The molecule has 0 aromatic carbocycles. The molecule has 0 amide bonds. The van der Waals surface area contributed by atoms with Crippen molar-refractivity contribution in [2.24, 2.45) is 0 Å². The number of carbonyl (C=O) groups excluding carboxylic acids is 1. The molecular formula is C15H21NO5. The molecule has 0 saturated carbocycles. The zero-order chi connectivity index (χ0) is 15.7. The molecule has 1 aliphatic rings. The molecule has 0 spiro atoms. The van der Waals surface area contributed by atoms with Crippen LogP contribution in [0.2, 0.25) is 0 Å². The van der Waals surface area contributed by atoms with Gasteiger partial charge in [0.1, 0.15) is 6.10 Å². The molecule has 0 aliphatic heterocycles. The summed E-state index contributed by atoms with van der Waals surface area (Å²) in [7, 11) is 1.58. The first-order valence-electron chi connectivity index (χ1n) is 6.89. The fourth-order valence-electron chi connectivity index (χ4n) is 2.01. The van der Waals surface area contributed by atoms with E-state index < -0.39 is 12.0 Å². The highest BCUT2D eigenvalue weighted by Crippen LogP contribution is 2.21. The van der Waals surface area contributed by atoms with Gasteiger partial charge >= 0.3 is 5.97 Å². The number of nitro groups is 1. The van der Waals surface area contributed by atoms with Gasteiger partial charge < -0.3 is 9.47 Å². The molecule has 1 aliphatic carbocycles. The molecule has 2 unspecified atom stereocenters. The van der Waals surface area contributed by atoms with Gasteiger partial charge in [-0.25, -0.2) is 4.79 Å². The summed E-state index contributed by atoms with van der Waals surface area (Å²) in [5.74, 6) is -0.464. The van der Waals surface area contributed by atoms with Crippen molar-refractivity contribution in [1.29, 1.82) is 0 Å². The van der Waals surface area contributed by atoms with Gasteiger partial charge in [0.15, 0.2) is 0 Å². The predicted molar refractivity (Wildman–Crippen MR) is 78.4 cm³/mol. The Balaban J connectivity index is 2.43. The third kappa shape index (κ3) is 6.85. The molecule has 0 radical (unpaired) electrons. The maximum Gasteiger partial charge on any atom is 0.331 e. The fraction of sp³-hybridized carbons (Fsp3) is 0.533. The van der Waals surface area contributed by atoms with Gasteiger partial charge in [0, 0.05) is 31.0 Å². The van der Waals surface area contributed by atoms with Crippen molar-refractivity contribution < 1.29 is 19.2 Å². The molecule has 2 atom stereocenters. The molecule has 6 heteroatoms. The molecule has 0 saturated heterocycles. The molecule has 0 aromatic heterocycles. The van der Waals surface area contributed by atoms with E-state index in [1.807, 2.05) is 6.08 Å². The van der Waals surface area contributed by atoms with Crippen molar-refractivity contribution in [2.45, 2.75) is 38.3 Å². The first-order valence-corrected chi connectivity index (χ1v) is 6.89. The van der Waals surface area contributed by atoms with Crippen LogP contribution in [-0.4, -0.2) is 36.8 Å².